The number of carbonyl (C=O) groups excluding carboxylic acids is 1. The molecule has 3 aromatic heterocycles. The van der Waals surface area contributed by atoms with Gasteiger partial charge in [-0.25, -0.2) is 15.0 Å². The van der Waals surface area contributed by atoms with Gasteiger partial charge in [-0.2, -0.15) is 0 Å². The number of aromatic amines is 1. The van der Waals surface area contributed by atoms with Gasteiger partial charge in [-0.05, 0) is 44.5 Å². The number of amides is 1. The lowest BCUT2D eigenvalue weighted by molar-refractivity contribution is -0.111. The molecule has 162 valence electrons. The molecule has 2 N–H and O–H groups in total. The molecular weight excluding hydrogens is 404 g/mol. The lowest BCUT2D eigenvalue weighted by Crippen LogP contribution is -2.31. The molecule has 4 rings (SSSR count). The van der Waals surface area contributed by atoms with Crippen molar-refractivity contribution in [2.24, 2.45) is 0 Å². The Labute approximate surface area is 186 Å². The number of hydrogen-bond acceptors (Lipinski definition) is 6. The molecule has 0 spiro atoms. The molecule has 0 unspecified atom stereocenters. The molecule has 32 heavy (non-hydrogen) atoms. The Kier molecular flexibility index (Phi) is 5.65. The van der Waals surface area contributed by atoms with Crippen LogP contribution in [-0.4, -0.2) is 46.0 Å². The van der Waals surface area contributed by atoms with Crippen molar-refractivity contribution in [1.82, 2.24) is 19.9 Å². The molecule has 0 aliphatic carbocycles. The number of H-pyrrole nitrogens is 1. The number of ether oxygens (including phenoxy) is 1. The molecule has 0 bridgehead atoms. The van der Waals surface area contributed by atoms with Crippen molar-refractivity contribution in [2.75, 3.05) is 30.4 Å². The predicted octanol–water partition coefficient (Wildman–Crippen LogP) is 1.54. The van der Waals surface area contributed by atoms with Crippen LogP contribution in [0.4, 0.5) is 11.6 Å². The second-order valence-electron chi connectivity index (χ2n) is 7.60. The highest BCUT2D eigenvalue weighted by Crippen LogP contribution is 2.31. The van der Waals surface area contributed by atoms with Crippen molar-refractivity contribution >= 4 is 29.2 Å². The number of anilines is 2. The fraction of sp³-hybridized carbons (Fsp3) is 0.250. The molecule has 1 aliphatic rings. The van der Waals surface area contributed by atoms with E-state index >= 15 is 0 Å². The summed E-state index contributed by atoms with van der Waals surface area (Å²) in [5, 5.41) is 3.82. The SMILES string of the molecule is C#C/C(C(=O)Nc1cc(C)cc(C)n1)=c1/nc(-c2cnc3c(c2)OCCN3C)[nH]/c1=C/C. The van der Waals surface area contributed by atoms with Gasteiger partial charge in [-0.15, -0.1) is 6.42 Å². The number of pyridine rings is 2. The standard InChI is InChI=1S/C24H24N6O2/c1-6-17(24(31)28-20-11-14(3)10-15(4)26-20)21-18(7-2)27-22(29-21)16-12-19-23(25-13-16)30(5)8-9-32-19/h1,7,10-13H,8-9H2,2-5H3,(H,27,29)(H,26,28,31)/b18-7+,21-17-. The largest absolute Gasteiger partial charge is 0.488 e. The number of terminal acetylenes is 1. The van der Waals surface area contributed by atoms with E-state index in [9.17, 15) is 4.79 Å². The lowest BCUT2D eigenvalue weighted by atomic mass is 10.2. The summed E-state index contributed by atoms with van der Waals surface area (Å²) in [5.41, 5.74) is 2.65. The molecule has 0 atom stereocenters. The Morgan fingerprint density at radius 2 is 2.12 bits per heavy atom. The maximum atomic E-state index is 13.0. The molecule has 1 aliphatic heterocycles. The molecule has 8 heteroatoms. The monoisotopic (exact) mass is 428 g/mol. The van der Waals surface area contributed by atoms with Crippen molar-refractivity contribution in [3.63, 3.8) is 0 Å². The summed E-state index contributed by atoms with van der Waals surface area (Å²) < 4.78 is 5.75. The maximum absolute atomic E-state index is 13.0. The lowest BCUT2D eigenvalue weighted by Gasteiger charge is -2.26. The topological polar surface area (TPSA) is 96.0 Å². The summed E-state index contributed by atoms with van der Waals surface area (Å²) in [6, 6.07) is 5.60. The van der Waals surface area contributed by atoms with Gasteiger partial charge < -0.3 is 19.9 Å². The van der Waals surface area contributed by atoms with Crippen LogP contribution in [0.3, 0.4) is 0 Å². The Balaban J connectivity index is 1.76. The number of likely N-dealkylation sites (N-methyl/N-ethyl adjacent to an activating group) is 1. The van der Waals surface area contributed by atoms with Crippen molar-refractivity contribution in [3.8, 4) is 29.5 Å². The summed E-state index contributed by atoms with van der Waals surface area (Å²) >= 11 is 0. The van der Waals surface area contributed by atoms with E-state index in [0.717, 1.165) is 29.2 Å². The zero-order valence-electron chi connectivity index (χ0n) is 18.5. The first kappa shape index (κ1) is 21.1. The zero-order chi connectivity index (χ0) is 22.8. The van der Waals surface area contributed by atoms with E-state index in [2.05, 4.69) is 31.2 Å². The van der Waals surface area contributed by atoms with Gasteiger partial charge in [0.25, 0.3) is 5.91 Å². The summed E-state index contributed by atoms with van der Waals surface area (Å²) in [4.78, 5) is 31.7. The highest BCUT2D eigenvalue weighted by Gasteiger charge is 2.19. The molecule has 0 saturated carbocycles. The van der Waals surface area contributed by atoms with Gasteiger partial charge in [0.05, 0.1) is 11.9 Å². The first-order valence-corrected chi connectivity index (χ1v) is 10.2. The number of aromatic nitrogens is 4. The van der Waals surface area contributed by atoms with Crippen molar-refractivity contribution < 1.29 is 9.53 Å². The minimum atomic E-state index is -0.445. The van der Waals surface area contributed by atoms with E-state index in [4.69, 9.17) is 11.2 Å². The van der Waals surface area contributed by atoms with Gasteiger partial charge in [0.2, 0.25) is 0 Å². The maximum Gasteiger partial charge on any atom is 0.267 e. The summed E-state index contributed by atoms with van der Waals surface area (Å²) in [5.74, 6) is 4.51. The fourth-order valence-corrected chi connectivity index (χ4v) is 3.61. The third kappa shape index (κ3) is 4.05. The van der Waals surface area contributed by atoms with Gasteiger partial charge >= 0.3 is 0 Å². The number of hydrogen-bond donors (Lipinski definition) is 2. The van der Waals surface area contributed by atoms with Gasteiger partial charge in [0.15, 0.2) is 11.6 Å². The molecular formula is C24H24N6O2. The molecule has 8 nitrogen and oxygen atoms in total. The van der Waals surface area contributed by atoms with Crippen LogP contribution in [0.5, 0.6) is 5.75 Å². The van der Waals surface area contributed by atoms with E-state index < -0.39 is 5.91 Å². The highest BCUT2D eigenvalue weighted by molar-refractivity contribution is 6.24. The summed E-state index contributed by atoms with van der Waals surface area (Å²) in [6.45, 7) is 7.03. The minimum absolute atomic E-state index is 0.114. The number of rotatable bonds is 3. The van der Waals surface area contributed by atoms with Crippen LogP contribution in [0.2, 0.25) is 0 Å². The van der Waals surface area contributed by atoms with E-state index in [-0.39, 0.29) is 5.57 Å². The van der Waals surface area contributed by atoms with Gasteiger partial charge in [-0.1, -0.05) is 12.0 Å². The average Bonchev–Trinajstić information content (AvgIpc) is 3.17. The fourth-order valence-electron chi connectivity index (χ4n) is 3.61. The van der Waals surface area contributed by atoms with Crippen LogP contribution in [0, 0.1) is 26.2 Å². The first-order valence-electron chi connectivity index (χ1n) is 10.2. The summed E-state index contributed by atoms with van der Waals surface area (Å²) in [7, 11) is 1.97. The van der Waals surface area contributed by atoms with E-state index in [1.54, 1.807) is 12.3 Å². The van der Waals surface area contributed by atoms with Crippen molar-refractivity contribution in [3.05, 3.63) is 46.4 Å². The molecule has 0 radical (unpaired) electrons. The Hall–Kier alpha value is -4.12. The van der Waals surface area contributed by atoms with Gasteiger partial charge in [0.1, 0.15) is 29.2 Å². The van der Waals surface area contributed by atoms with Crippen LogP contribution in [0.15, 0.2) is 24.4 Å². The number of imidazole rings is 1. The quantitative estimate of drug-likeness (QED) is 0.615. The summed E-state index contributed by atoms with van der Waals surface area (Å²) in [6.07, 6.45) is 9.27. The average molecular weight is 428 g/mol. The van der Waals surface area contributed by atoms with E-state index in [0.29, 0.717) is 34.7 Å². The normalized spacial score (nSPS) is 14.3. The third-order valence-electron chi connectivity index (χ3n) is 5.12. The Bertz CT molecular complexity index is 1350. The Morgan fingerprint density at radius 3 is 2.84 bits per heavy atom. The molecule has 4 heterocycles. The molecule has 3 aromatic rings. The smallest absolute Gasteiger partial charge is 0.267 e. The second kappa shape index (κ2) is 8.55. The van der Waals surface area contributed by atoms with Gasteiger partial charge in [-0.3, -0.25) is 4.79 Å². The molecule has 0 saturated heterocycles. The first-order chi connectivity index (χ1) is 15.4. The Morgan fingerprint density at radius 1 is 1.31 bits per heavy atom. The van der Waals surface area contributed by atoms with Crippen molar-refractivity contribution in [1.29, 1.82) is 0 Å². The number of nitrogens with zero attached hydrogens (tertiary/aromatic N) is 4. The zero-order valence-corrected chi connectivity index (χ0v) is 18.5. The van der Waals surface area contributed by atoms with Crippen LogP contribution < -0.4 is 25.7 Å². The molecule has 0 fully saturated rings. The van der Waals surface area contributed by atoms with E-state index in [1.165, 1.54) is 0 Å². The highest BCUT2D eigenvalue weighted by atomic mass is 16.5. The number of nitrogens with one attached hydrogen (secondary N) is 2. The van der Waals surface area contributed by atoms with Crippen molar-refractivity contribution in [2.45, 2.75) is 20.8 Å². The van der Waals surface area contributed by atoms with Crippen LogP contribution in [0.25, 0.3) is 23.0 Å². The molecule has 1 amide bonds. The van der Waals surface area contributed by atoms with Crippen LogP contribution in [0.1, 0.15) is 18.2 Å². The molecule has 0 aromatic carbocycles. The number of carbonyl (C=O) groups is 1. The van der Waals surface area contributed by atoms with Gasteiger partial charge in [0, 0.05) is 24.5 Å². The van der Waals surface area contributed by atoms with Crippen LogP contribution in [-0.2, 0) is 4.79 Å². The number of fused-ring (bicyclic) bond motifs is 1. The predicted molar refractivity (Wildman–Crippen MR) is 125 cm³/mol. The minimum Gasteiger partial charge on any atom is -0.488 e. The van der Waals surface area contributed by atoms with E-state index in [1.807, 2.05) is 50.9 Å². The number of aryl methyl sites for hydroxylation is 2. The third-order valence-corrected chi connectivity index (χ3v) is 5.12. The van der Waals surface area contributed by atoms with Crippen LogP contribution >= 0.6 is 0 Å². The second-order valence-corrected chi connectivity index (χ2v) is 7.60.